The van der Waals surface area contributed by atoms with Crippen molar-refractivity contribution in [3.8, 4) is 0 Å². The molecule has 2 aliphatic rings. The number of rotatable bonds is 4. The van der Waals surface area contributed by atoms with Gasteiger partial charge < -0.3 is 5.11 Å². The molecule has 3 rings (SSSR count). The van der Waals surface area contributed by atoms with Gasteiger partial charge in [0, 0.05) is 0 Å². The van der Waals surface area contributed by atoms with E-state index < -0.39 is 5.60 Å². The molecule has 0 radical (unpaired) electrons. The molecule has 1 aromatic carbocycles. The molecule has 0 spiro atoms. The Kier molecular flexibility index (Phi) is 3.42. The monoisotopic (exact) mass is 258 g/mol. The van der Waals surface area contributed by atoms with Gasteiger partial charge in [0.15, 0.2) is 0 Å². The Morgan fingerprint density at radius 3 is 2.42 bits per heavy atom. The van der Waals surface area contributed by atoms with Gasteiger partial charge in [0.2, 0.25) is 0 Å². The highest BCUT2D eigenvalue weighted by atomic mass is 16.3. The van der Waals surface area contributed by atoms with Crippen molar-refractivity contribution in [1.82, 2.24) is 0 Å². The van der Waals surface area contributed by atoms with Crippen LogP contribution in [0.15, 0.2) is 24.3 Å². The molecule has 19 heavy (non-hydrogen) atoms. The quantitative estimate of drug-likeness (QED) is 0.854. The van der Waals surface area contributed by atoms with Gasteiger partial charge in [0.25, 0.3) is 0 Å². The zero-order valence-electron chi connectivity index (χ0n) is 12.2. The Hall–Kier alpha value is -0.820. The number of hydrogen-bond donors (Lipinski definition) is 1. The summed E-state index contributed by atoms with van der Waals surface area (Å²) in [6, 6.07) is 8.55. The van der Waals surface area contributed by atoms with Gasteiger partial charge in [0.05, 0.1) is 5.60 Å². The van der Waals surface area contributed by atoms with Gasteiger partial charge in [-0.15, -0.1) is 0 Å². The summed E-state index contributed by atoms with van der Waals surface area (Å²) >= 11 is 0. The summed E-state index contributed by atoms with van der Waals surface area (Å²) in [5.41, 5.74) is 1.79. The maximum atomic E-state index is 10.8. The summed E-state index contributed by atoms with van der Waals surface area (Å²) in [4.78, 5) is 0. The zero-order valence-corrected chi connectivity index (χ0v) is 12.2. The van der Waals surface area contributed by atoms with Crippen LogP contribution in [0.25, 0.3) is 0 Å². The Morgan fingerprint density at radius 2 is 1.89 bits per heavy atom. The number of aryl methyl sites for hydroxylation is 1. The van der Waals surface area contributed by atoms with E-state index in [-0.39, 0.29) is 0 Å². The van der Waals surface area contributed by atoms with Crippen molar-refractivity contribution in [2.75, 3.05) is 0 Å². The molecule has 104 valence electrons. The minimum absolute atomic E-state index is 0.651. The summed E-state index contributed by atoms with van der Waals surface area (Å²) in [6.07, 6.45) is 7.63. The molecule has 0 heterocycles. The van der Waals surface area contributed by atoms with Crippen LogP contribution in [-0.4, -0.2) is 5.11 Å². The summed E-state index contributed by atoms with van der Waals surface area (Å²) < 4.78 is 0. The van der Waals surface area contributed by atoms with E-state index >= 15 is 0 Å². The maximum Gasteiger partial charge on any atom is 0.0871 e. The molecule has 4 atom stereocenters. The molecule has 1 aromatic rings. The van der Waals surface area contributed by atoms with E-state index in [2.05, 4.69) is 31.2 Å². The van der Waals surface area contributed by atoms with E-state index in [0.717, 1.165) is 36.2 Å². The Bertz CT molecular complexity index is 432. The van der Waals surface area contributed by atoms with Gasteiger partial charge in [0.1, 0.15) is 0 Å². The van der Waals surface area contributed by atoms with E-state index in [1.54, 1.807) is 0 Å². The van der Waals surface area contributed by atoms with Gasteiger partial charge in [-0.3, -0.25) is 0 Å². The van der Waals surface area contributed by atoms with E-state index in [0.29, 0.717) is 0 Å². The lowest BCUT2D eigenvalue weighted by molar-refractivity contribution is 0.0204. The van der Waals surface area contributed by atoms with Crippen LogP contribution in [0.3, 0.4) is 0 Å². The topological polar surface area (TPSA) is 20.2 Å². The van der Waals surface area contributed by atoms with Crippen molar-refractivity contribution in [3.63, 3.8) is 0 Å². The van der Waals surface area contributed by atoms with E-state index in [1.807, 2.05) is 6.92 Å². The average molecular weight is 258 g/mol. The van der Waals surface area contributed by atoms with Crippen molar-refractivity contribution >= 4 is 0 Å². The van der Waals surface area contributed by atoms with Crippen LogP contribution >= 0.6 is 0 Å². The molecule has 2 saturated carbocycles. The third-order valence-corrected chi connectivity index (χ3v) is 5.53. The van der Waals surface area contributed by atoms with Crippen LogP contribution in [0.1, 0.15) is 57.1 Å². The number of fused-ring (bicyclic) bond motifs is 2. The molecule has 1 heteroatoms. The first kappa shape index (κ1) is 13.2. The van der Waals surface area contributed by atoms with Crippen LogP contribution in [-0.2, 0) is 12.0 Å². The second-order valence-corrected chi connectivity index (χ2v) is 6.96. The molecule has 4 unspecified atom stereocenters. The Balaban J connectivity index is 1.70. The number of benzene rings is 1. The van der Waals surface area contributed by atoms with Gasteiger partial charge in [-0.25, -0.2) is 0 Å². The molecule has 2 aliphatic carbocycles. The first-order chi connectivity index (χ1) is 9.08. The number of aliphatic hydroxyl groups is 1. The van der Waals surface area contributed by atoms with Crippen LogP contribution in [0, 0.1) is 17.8 Å². The van der Waals surface area contributed by atoms with Crippen LogP contribution in [0.2, 0.25) is 0 Å². The molecule has 0 aliphatic heterocycles. The molecule has 1 nitrogen and oxygen atoms in total. The predicted octanol–water partition coefficient (Wildman–Crippen LogP) is 4.28. The highest BCUT2D eigenvalue weighted by Gasteiger charge is 2.42. The lowest BCUT2D eigenvalue weighted by atomic mass is 9.78. The highest BCUT2D eigenvalue weighted by Crippen LogP contribution is 2.51. The second-order valence-electron chi connectivity index (χ2n) is 6.96. The van der Waals surface area contributed by atoms with Crippen molar-refractivity contribution in [2.24, 2.45) is 17.8 Å². The smallest absolute Gasteiger partial charge is 0.0871 e. The largest absolute Gasteiger partial charge is 0.385 e. The van der Waals surface area contributed by atoms with Crippen LogP contribution in [0.4, 0.5) is 0 Å². The van der Waals surface area contributed by atoms with Crippen molar-refractivity contribution < 1.29 is 5.11 Å². The standard InChI is InChI=1S/C18H26O/c1-3-13-5-8-17(9-6-13)18(2,19)12-16-11-14-4-7-15(16)10-14/h5-6,8-9,14-16,19H,3-4,7,10-12H2,1-2H3. The predicted molar refractivity (Wildman–Crippen MR) is 78.9 cm³/mol. The fourth-order valence-electron chi connectivity index (χ4n) is 4.35. The lowest BCUT2D eigenvalue weighted by Crippen LogP contribution is -2.27. The van der Waals surface area contributed by atoms with Crippen molar-refractivity contribution in [1.29, 1.82) is 0 Å². The normalized spacial score (nSPS) is 32.5. The highest BCUT2D eigenvalue weighted by molar-refractivity contribution is 5.27. The average Bonchev–Trinajstić information content (AvgIpc) is 3.00. The molecule has 1 N–H and O–H groups in total. The summed E-state index contributed by atoms with van der Waals surface area (Å²) in [5.74, 6) is 2.61. The van der Waals surface area contributed by atoms with Crippen molar-refractivity contribution in [2.45, 2.75) is 58.0 Å². The van der Waals surface area contributed by atoms with E-state index in [9.17, 15) is 5.11 Å². The third kappa shape index (κ3) is 2.58. The molecule has 2 bridgehead atoms. The van der Waals surface area contributed by atoms with E-state index in [4.69, 9.17) is 0 Å². The van der Waals surface area contributed by atoms with Crippen LogP contribution < -0.4 is 0 Å². The fourth-order valence-corrected chi connectivity index (χ4v) is 4.35. The zero-order chi connectivity index (χ0) is 13.5. The molecule has 2 fully saturated rings. The molecule has 0 amide bonds. The Morgan fingerprint density at radius 1 is 1.16 bits per heavy atom. The van der Waals surface area contributed by atoms with Gasteiger partial charge in [-0.1, -0.05) is 37.6 Å². The van der Waals surface area contributed by atoms with Gasteiger partial charge in [-0.05, 0) is 67.9 Å². The maximum absolute atomic E-state index is 10.8. The summed E-state index contributed by atoms with van der Waals surface area (Å²) in [7, 11) is 0. The first-order valence-electron chi connectivity index (χ1n) is 7.90. The van der Waals surface area contributed by atoms with Gasteiger partial charge >= 0.3 is 0 Å². The van der Waals surface area contributed by atoms with Crippen molar-refractivity contribution in [3.05, 3.63) is 35.4 Å². The molecule has 0 aromatic heterocycles. The summed E-state index contributed by atoms with van der Waals surface area (Å²) in [6.45, 7) is 4.17. The lowest BCUT2D eigenvalue weighted by Gasteiger charge is -2.31. The first-order valence-corrected chi connectivity index (χ1v) is 7.90. The minimum Gasteiger partial charge on any atom is -0.385 e. The van der Waals surface area contributed by atoms with Crippen LogP contribution in [0.5, 0.6) is 0 Å². The molecular formula is C18H26O. The van der Waals surface area contributed by atoms with Gasteiger partial charge in [-0.2, -0.15) is 0 Å². The second kappa shape index (κ2) is 4.94. The SMILES string of the molecule is CCc1ccc(C(C)(O)CC2CC3CCC2C3)cc1. The van der Waals surface area contributed by atoms with E-state index in [1.165, 1.54) is 31.2 Å². The Labute approximate surface area is 117 Å². The fraction of sp³-hybridized carbons (Fsp3) is 0.667. The number of hydrogen-bond acceptors (Lipinski definition) is 1. The third-order valence-electron chi connectivity index (χ3n) is 5.53. The molecule has 0 saturated heterocycles. The minimum atomic E-state index is -0.651. The molecular weight excluding hydrogens is 232 g/mol. The summed E-state index contributed by atoms with van der Waals surface area (Å²) in [5, 5.41) is 10.8.